The first-order chi connectivity index (χ1) is 9.11. The molecule has 0 bridgehead atoms. The molecular weight excluding hydrogens is 270 g/mol. The van der Waals surface area contributed by atoms with Crippen molar-refractivity contribution in [1.82, 2.24) is 5.43 Å². The van der Waals surface area contributed by atoms with Gasteiger partial charge in [-0.1, -0.05) is 29.8 Å². The van der Waals surface area contributed by atoms with Crippen LogP contribution in [0.1, 0.15) is 17.2 Å². The van der Waals surface area contributed by atoms with Crippen LogP contribution in [0.15, 0.2) is 42.5 Å². The molecule has 0 aliphatic rings. The van der Waals surface area contributed by atoms with Crippen molar-refractivity contribution in [3.05, 3.63) is 70.2 Å². The summed E-state index contributed by atoms with van der Waals surface area (Å²) in [5.74, 6) is 4.17. The number of rotatable bonds is 4. The van der Waals surface area contributed by atoms with E-state index in [0.29, 0.717) is 11.4 Å². The molecule has 0 radical (unpaired) electrons. The Hall–Kier alpha value is -1.49. The van der Waals surface area contributed by atoms with E-state index in [2.05, 4.69) is 5.43 Å². The van der Waals surface area contributed by atoms with Crippen LogP contribution in [0.3, 0.4) is 0 Å². The lowest BCUT2D eigenvalue weighted by Gasteiger charge is -2.18. The van der Waals surface area contributed by atoms with Gasteiger partial charge in [0, 0.05) is 10.6 Å². The second-order valence-corrected chi connectivity index (χ2v) is 4.63. The van der Waals surface area contributed by atoms with Crippen LogP contribution in [0.5, 0.6) is 0 Å². The third-order valence-corrected chi connectivity index (χ3v) is 3.11. The second kappa shape index (κ2) is 6.10. The highest BCUT2D eigenvalue weighted by molar-refractivity contribution is 6.30. The second-order valence-electron chi connectivity index (χ2n) is 4.19. The molecule has 0 aromatic heterocycles. The van der Waals surface area contributed by atoms with Gasteiger partial charge in [-0.3, -0.25) is 11.3 Å². The highest BCUT2D eigenvalue weighted by Gasteiger charge is 2.19. The molecule has 0 heterocycles. The van der Waals surface area contributed by atoms with Crippen LogP contribution < -0.4 is 11.3 Å². The average molecular weight is 283 g/mol. The van der Waals surface area contributed by atoms with Gasteiger partial charge >= 0.3 is 0 Å². The molecule has 1 unspecified atom stereocenters. The van der Waals surface area contributed by atoms with E-state index in [9.17, 15) is 8.78 Å². The van der Waals surface area contributed by atoms with E-state index >= 15 is 0 Å². The van der Waals surface area contributed by atoms with Gasteiger partial charge in [0.15, 0.2) is 0 Å². The van der Waals surface area contributed by atoms with E-state index in [1.807, 2.05) is 6.07 Å². The fraction of sp³-hybridized carbons (Fsp3) is 0.143. The molecule has 0 saturated heterocycles. The Labute approximate surface area is 115 Å². The zero-order valence-electron chi connectivity index (χ0n) is 10.0. The number of nitrogens with two attached hydrogens (primary N) is 1. The van der Waals surface area contributed by atoms with Gasteiger partial charge < -0.3 is 0 Å². The minimum Gasteiger partial charge on any atom is -0.271 e. The lowest BCUT2D eigenvalue weighted by atomic mass is 9.98. The van der Waals surface area contributed by atoms with Gasteiger partial charge in [0.25, 0.3) is 0 Å². The molecule has 1 atom stereocenters. The first-order valence-electron chi connectivity index (χ1n) is 5.76. The molecule has 0 saturated carbocycles. The predicted molar refractivity (Wildman–Crippen MR) is 71.6 cm³/mol. The number of benzene rings is 2. The summed E-state index contributed by atoms with van der Waals surface area (Å²) < 4.78 is 27.4. The lowest BCUT2D eigenvalue weighted by molar-refractivity contribution is 0.473. The fourth-order valence-electron chi connectivity index (χ4n) is 1.99. The van der Waals surface area contributed by atoms with Crippen LogP contribution in [0, 0.1) is 11.6 Å². The quantitative estimate of drug-likeness (QED) is 0.666. The molecule has 2 aromatic rings. The largest absolute Gasteiger partial charge is 0.271 e. The molecule has 0 spiro atoms. The predicted octanol–water partition coefficient (Wildman–Crippen LogP) is 3.37. The Kier molecular flexibility index (Phi) is 4.47. The molecule has 5 heteroatoms. The third kappa shape index (κ3) is 3.29. The van der Waals surface area contributed by atoms with E-state index in [1.165, 1.54) is 18.2 Å². The minimum atomic E-state index is -0.653. The molecule has 0 aliphatic heterocycles. The number of halogens is 3. The van der Waals surface area contributed by atoms with Crippen molar-refractivity contribution in [2.24, 2.45) is 5.84 Å². The summed E-state index contributed by atoms with van der Waals surface area (Å²) in [5.41, 5.74) is 3.23. The van der Waals surface area contributed by atoms with Crippen molar-refractivity contribution in [3.63, 3.8) is 0 Å². The monoisotopic (exact) mass is 282 g/mol. The maximum Gasteiger partial charge on any atom is 0.130 e. The molecular formula is C14H13ClF2N2. The van der Waals surface area contributed by atoms with Gasteiger partial charge in [-0.2, -0.15) is 0 Å². The molecule has 0 amide bonds. The normalized spacial score (nSPS) is 12.4. The number of hydrogen-bond acceptors (Lipinski definition) is 2. The van der Waals surface area contributed by atoms with E-state index in [1.54, 1.807) is 18.2 Å². The highest BCUT2D eigenvalue weighted by atomic mass is 35.5. The van der Waals surface area contributed by atoms with Gasteiger partial charge in [-0.25, -0.2) is 8.78 Å². The van der Waals surface area contributed by atoms with E-state index in [-0.39, 0.29) is 5.56 Å². The molecule has 2 aromatic carbocycles. The lowest BCUT2D eigenvalue weighted by Crippen LogP contribution is -2.31. The summed E-state index contributed by atoms with van der Waals surface area (Å²) in [6, 6.07) is 10.2. The first-order valence-corrected chi connectivity index (χ1v) is 6.14. The number of hydrazine groups is 1. The Morgan fingerprint density at radius 3 is 2.32 bits per heavy atom. The summed E-state index contributed by atoms with van der Waals surface area (Å²) in [4.78, 5) is 0. The summed E-state index contributed by atoms with van der Waals surface area (Å²) in [5, 5.41) is 0.572. The molecule has 3 N–H and O–H groups in total. The number of nitrogens with one attached hydrogen (secondary N) is 1. The molecule has 0 aliphatic carbocycles. The average Bonchev–Trinajstić information content (AvgIpc) is 2.37. The maximum atomic E-state index is 13.7. The van der Waals surface area contributed by atoms with Crippen LogP contribution in [-0.2, 0) is 6.42 Å². The molecule has 2 rings (SSSR count). The topological polar surface area (TPSA) is 38.0 Å². The van der Waals surface area contributed by atoms with Crippen LogP contribution in [-0.4, -0.2) is 0 Å². The smallest absolute Gasteiger partial charge is 0.130 e. The van der Waals surface area contributed by atoms with Crippen LogP contribution in [0.4, 0.5) is 8.78 Å². The van der Waals surface area contributed by atoms with E-state index in [4.69, 9.17) is 17.4 Å². The van der Waals surface area contributed by atoms with Crippen molar-refractivity contribution in [3.8, 4) is 0 Å². The Balaban J connectivity index is 2.30. The zero-order chi connectivity index (χ0) is 13.8. The fourth-order valence-corrected chi connectivity index (χ4v) is 2.20. The summed E-state index contributed by atoms with van der Waals surface area (Å²) in [7, 11) is 0. The van der Waals surface area contributed by atoms with E-state index < -0.39 is 17.7 Å². The van der Waals surface area contributed by atoms with Crippen molar-refractivity contribution >= 4 is 11.6 Å². The van der Waals surface area contributed by atoms with E-state index in [0.717, 1.165) is 5.56 Å². The first kappa shape index (κ1) is 13.9. The summed E-state index contributed by atoms with van der Waals surface area (Å²) >= 11 is 5.88. The van der Waals surface area contributed by atoms with Crippen molar-refractivity contribution in [1.29, 1.82) is 0 Å². The standard InChI is InChI=1S/C14H13ClF2N2/c15-10-4-1-3-9(7-10)8-13(19-18)14-11(16)5-2-6-12(14)17/h1-7,13,19H,8,18H2. The SMILES string of the molecule is NNC(Cc1cccc(Cl)c1)c1c(F)cccc1F. The maximum absolute atomic E-state index is 13.7. The molecule has 0 fully saturated rings. The number of hydrogen-bond donors (Lipinski definition) is 2. The molecule has 2 nitrogen and oxygen atoms in total. The van der Waals surface area contributed by atoms with Crippen molar-refractivity contribution in [2.75, 3.05) is 0 Å². The van der Waals surface area contributed by atoms with Gasteiger partial charge in [-0.05, 0) is 36.2 Å². The zero-order valence-corrected chi connectivity index (χ0v) is 10.8. The Morgan fingerprint density at radius 2 is 1.74 bits per heavy atom. The minimum absolute atomic E-state index is 0.0648. The summed E-state index contributed by atoms with van der Waals surface area (Å²) in [6.45, 7) is 0. The molecule has 19 heavy (non-hydrogen) atoms. The highest BCUT2D eigenvalue weighted by Crippen LogP contribution is 2.24. The Bertz CT molecular complexity index is 555. The van der Waals surface area contributed by atoms with Crippen LogP contribution >= 0.6 is 11.6 Å². The van der Waals surface area contributed by atoms with Crippen LogP contribution in [0.2, 0.25) is 5.02 Å². The van der Waals surface area contributed by atoms with Gasteiger partial charge in [0.1, 0.15) is 11.6 Å². The summed E-state index contributed by atoms with van der Waals surface area (Å²) in [6.07, 6.45) is 0.342. The molecule has 100 valence electrons. The van der Waals surface area contributed by atoms with Gasteiger partial charge in [0.05, 0.1) is 6.04 Å². The van der Waals surface area contributed by atoms with Crippen molar-refractivity contribution < 1.29 is 8.78 Å². The van der Waals surface area contributed by atoms with Crippen LogP contribution in [0.25, 0.3) is 0 Å². The van der Waals surface area contributed by atoms with Crippen molar-refractivity contribution in [2.45, 2.75) is 12.5 Å². The van der Waals surface area contributed by atoms with Gasteiger partial charge in [0.2, 0.25) is 0 Å². The Morgan fingerprint density at radius 1 is 1.11 bits per heavy atom. The van der Waals surface area contributed by atoms with Gasteiger partial charge in [-0.15, -0.1) is 0 Å². The third-order valence-electron chi connectivity index (χ3n) is 2.88.